The van der Waals surface area contributed by atoms with Crippen molar-refractivity contribution in [1.82, 2.24) is 4.98 Å². The van der Waals surface area contributed by atoms with E-state index >= 15 is 0 Å². The molecule has 4 nitrogen and oxygen atoms in total. The Morgan fingerprint density at radius 1 is 1.05 bits per heavy atom. The zero-order valence-corrected chi connectivity index (χ0v) is 12.1. The van der Waals surface area contributed by atoms with Crippen molar-refractivity contribution in [2.75, 3.05) is 11.1 Å². The van der Waals surface area contributed by atoms with Crippen LogP contribution in [-0.4, -0.2) is 11.0 Å². The molecule has 0 saturated heterocycles. The molecule has 0 bridgehead atoms. The van der Waals surface area contributed by atoms with Crippen LogP contribution in [0.5, 0.6) is 11.6 Å². The summed E-state index contributed by atoms with van der Waals surface area (Å²) in [5.41, 5.74) is 7.56. The van der Waals surface area contributed by atoms with Crippen LogP contribution in [0.25, 0.3) is 10.8 Å². The lowest BCUT2D eigenvalue weighted by atomic mass is 10.1. The van der Waals surface area contributed by atoms with Gasteiger partial charge >= 0.3 is 0 Å². The summed E-state index contributed by atoms with van der Waals surface area (Å²) < 4.78 is 5.89. The third-order valence-electron chi connectivity index (χ3n) is 3.77. The minimum atomic E-state index is 0.611. The number of hydrogen-bond acceptors (Lipinski definition) is 4. The van der Waals surface area contributed by atoms with Crippen LogP contribution in [0.15, 0.2) is 54.7 Å². The highest BCUT2D eigenvalue weighted by molar-refractivity contribution is 5.89. The monoisotopic (exact) mass is 291 g/mol. The van der Waals surface area contributed by atoms with Gasteiger partial charge in [-0.1, -0.05) is 0 Å². The van der Waals surface area contributed by atoms with E-state index in [4.69, 9.17) is 10.5 Å². The van der Waals surface area contributed by atoms with Gasteiger partial charge in [0.2, 0.25) is 5.88 Å². The van der Waals surface area contributed by atoms with Gasteiger partial charge in [0.1, 0.15) is 5.75 Å². The minimum absolute atomic E-state index is 0.611. The third kappa shape index (κ3) is 2.68. The number of benzene rings is 2. The Hall–Kier alpha value is -2.75. The van der Waals surface area contributed by atoms with Crippen LogP contribution in [0.4, 0.5) is 11.4 Å². The van der Waals surface area contributed by atoms with E-state index in [0.717, 1.165) is 22.2 Å². The first-order valence-electron chi connectivity index (χ1n) is 7.47. The molecule has 2 aromatic carbocycles. The Morgan fingerprint density at radius 3 is 2.64 bits per heavy atom. The fraction of sp³-hybridized carbons (Fsp3) is 0.167. The third-order valence-corrected chi connectivity index (χ3v) is 3.77. The second-order valence-electron chi connectivity index (χ2n) is 5.64. The van der Waals surface area contributed by atoms with Gasteiger partial charge in [-0.25, -0.2) is 4.98 Å². The van der Waals surface area contributed by atoms with Crippen LogP contribution in [0.1, 0.15) is 12.8 Å². The number of aromatic nitrogens is 1. The van der Waals surface area contributed by atoms with E-state index in [-0.39, 0.29) is 0 Å². The van der Waals surface area contributed by atoms with Gasteiger partial charge in [-0.05, 0) is 66.8 Å². The zero-order valence-electron chi connectivity index (χ0n) is 12.1. The zero-order chi connectivity index (χ0) is 14.9. The summed E-state index contributed by atoms with van der Waals surface area (Å²) in [6.07, 6.45) is 4.30. The molecule has 3 N–H and O–H groups in total. The molecule has 1 aromatic heterocycles. The molecule has 1 heterocycles. The van der Waals surface area contributed by atoms with E-state index < -0.39 is 0 Å². The minimum Gasteiger partial charge on any atom is -0.438 e. The number of rotatable bonds is 4. The molecule has 1 aliphatic rings. The molecular formula is C18H17N3O. The van der Waals surface area contributed by atoms with Crippen molar-refractivity contribution in [2.45, 2.75) is 18.9 Å². The van der Waals surface area contributed by atoms with E-state index in [1.807, 2.05) is 30.3 Å². The van der Waals surface area contributed by atoms with Gasteiger partial charge < -0.3 is 15.8 Å². The molecule has 0 spiro atoms. The number of nitrogens with two attached hydrogens (primary N) is 1. The van der Waals surface area contributed by atoms with E-state index in [1.165, 1.54) is 12.8 Å². The Kier molecular flexibility index (Phi) is 3.07. The largest absolute Gasteiger partial charge is 0.438 e. The maximum Gasteiger partial charge on any atom is 0.227 e. The number of nitrogens with zero attached hydrogens (tertiary/aromatic N) is 1. The highest BCUT2D eigenvalue weighted by atomic mass is 16.5. The normalized spacial score (nSPS) is 14.0. The number of hydrogen-bond donors (Lipinski definition) is 2. The molecule has 22 heavy (non-hydrogen) atoms. The van der Waals surface area contributed by atoms with Crippen LogP contribution in [0.3, 0.4) is 0 Å². The number of nitrogen functional groups attached to an aromatic ring is 1. The number of fused-ring (bicyclic) bond motifs is 1. The molecule has 110 valence electrons. The number of ether oxygens (including phenoxy) is 1. The predicted molar refractivity (Wildman–Crippen MR) is 89.3 cm³/mol. The van der Waals surface area contributed by atoms with Crippen LogP contribution >= 0.6 is 0 Å². The lowest BCUT2D eigenvalue weighted by molar-refractivity contribution is 0.469. The molecule has 4 heteroatoms. The van der Waals surface area contributed by atoms with Crippen molar-refractivity contribution < 1.29 is 4.74 Å². The molecule has 1 aliphatic carbocycles. The van der Waals surface area contributed by atoms with Gasteiger partial charge in [0.05, 0.1) is 0 Å². The molecule has 1 saturated carbocycles. The standard InChI is InChI=1S/C18H17N3O/c19-13-1-6-16(7-2-13)22-18-17-8-5-15(21-14-3-4-14)11-12(17)9-10-20-18/h1-2,5-11,14,21H,3-4,19H2. The van der Waals surface area contributed by atoms with Crippen molar-refractivity contribution in [3.63, 3.8) is 0 Å². The number of pyridine rings is 1. The van der Waals surface area contributed by atoms with Crippen molar-refractivity contribution in [1.29, 1.82) is 0 Å². The number of nitrogens with one attached hydrogen (secondary N) is 1. The summed E-state index contributed by atoms with van der Waals surface area (Å²) in [7, 11) is 0. The van der Waals surface area contributed by atoms with Gasteiger partial charge in [0, 0.05) is 29.0 Å². The molecule has 0 radical (unpaired) electrons. The fourth-order valence-corrected chi connectivity index (χ4v) is 2.43. The Morgan fingerprint density at radius 2 is 1.86 bits per heavy atom. The fourth-order valence-electron chi connectivity index (χ4n) is 2.43. The Labute approximate surface area is 128 Å². The SMILES string of the molecule is Nc1ccc(Oc2nccc3cc(NC4CC4)ccc23)cc1. The average Bonchev–Trinajstić information content (AvgIpc) is 3.34. The van der Waals surface area contributed by atoms with Crippen molar-refractivity contribution >= 4 is 22.1 Å². The lowest BCUT2D eigenvalue weighted by Crippen LogP contribution is -2.00. The first-order chi connectivity index (χ1) is 10.8. The van der Waals surface area contributed by atoms with Crippen molar-refractivity contribution in [2.24, 2.45) is 0 Å². The van der Waals surface area contributed by atoms with Crippen LogP contribution in [0, 0.1) is 0 Å². The Balaban J connectivity index is 1.66. The molecule has 1 fully saturated rings. The topological polar surface area (TPSA) is 60.2 Å². The molecule has 4 rings (SSSR count). The molecule has 0 atom stereocenters. The second-order valence-corrected chi connectivity index (χ2v) is 5.64. The van der Waals surface area contributed by atoms with E-state index in [0.29, 0.717) is 17.6 Å². The molecule has 0 unspecified atom stereocenters. The van der Waals surface area contributed by atoms with Crippen LogP contribution in [-0.2, 0) is 0 Å². The van der Waals surface area contributed by atoms with Gasteiger partial charge in [-0.15, -0.1) is 0 Å². The summed E-state index contributed by atoms with van der Waals surface area (Å²) >= 11 is 0. The van der Waals surface area contributed by atoms with Crippen molar-refractivity contribution in [3.8, 4) is 11.6 Å². The lowest BCUT2D eigenvalue weighted by Gasteiger charge is -2.10. The van der Waals surface area contributed by atoms with E-state index in [9.17, 15) is 0 Å². The molecule has 0 aliphatic heterocycles. The van der Waals surface area contributed by atoms with Gasteiger partial charge in [-0.3, -0.25) is 0 Å². The summed E-state index contributed by atoms with van der Waals surface area (Å²) in [4.78, 5) is 4.35. The molecule has 0 amide bonds. The van der Waals surface area contributed by atoms with Crippen molar-refractivity contribution in [3.05, 3.63) is 54.7 Å². The van der Waals surface area contributed by atoms with Crippen LogP contribution in [0.2, 0.25) is 0 Å². The van der Waals surface area contributed by atoms with Gasteiger partial charge in [-0.2, -0.15) is 0 Å². The summed E-state index contributed by atoms with van der Waals surface area (Å²) in [6.45, 7) is 0. The molecule has 3 aromatic rings. The smallest absolute Gasteiger partial charge is 0.227 e. The summed E-state index contributed by atoms with van der Waals surface area (Å²) in [6, 6.07) is 16.3. The maximum absolute atomic E-state index is 5.89. The summed E-state index contributed by atoms with van der Waals surface area (Å²) in [5.74, 6) is 1.34. The van der Waals surface area contributed by atoms with E-state index in [2.05, 4.69) is 28.5 Å². The second kappa shape index (κ2) is 5.22. The quantitative estimate of drug-likeness (QED) is 0.708. The first kappa shape index (κ1) is 13.0. The first-order valence-corrected chi connectivity index (χ1v) is 7.47. The highest BCUT2D eigenvalue weighted by Crippen LogP contribution is 2.31. The summed E-state index contributed by atoms with van der Waals surface area (Å²) in [5, 5.41) is 5.63. The Bertz CT molecular complexity index is 810. The van der Waals surface area contributed by atoms with Gasteiger partial charge in [0.15, 0.2) is 0 Å². The predicted octanol–water partition coefficient (Wildman–Crippen LogP) is 4.18. The highest BCUT2D eigenvalue weighted by Gasteiger charge is 2.20. The maximum atomic E-state index is 5.89. The number of anilines is 2. The van der Waals surface area contributed by atoms with E-state index in [1.54, 1.807) is 6.20 Å². The van der Waals surface area contributed by atoms with Gasteiger partial charge in [0.25, 0.3) is 0 Å². The molecular weight excluding hydrogens is 274 g/mol. The average molecular weight is 291 g/mol. The van der Waals surface area contributed by atoms with Crippen LogP contribution < -0.4 is 15.8 Å².